The first-order valence-electron chi connectivity index (χ1n) is 11.9. The Morgan fingerprint density at radius 1 is 1.05 bits per heavy atom. The number of hydrogen-bond acceptors (Lipinski definition) is 8. The van der Waals surface area contributed by atoms with Gasteiger partial charge in [-0.05, 0) is 60.0 Å². The van der Waals surface area contributed by atoms with Crippen LogP contribution in [0.2, 0.25) is 0 Å². The summed E-state index contributed by atoms with van der Waals surface area (Å²) in [4.78, 5) is 32.0. The highest BCUT2D eigenvalue weighted by molar-refractivity contribution is 7.92. The summed E-state index contributed by atoms with van der Waals surface area (Å²) in [6, 6.07) is 16.8. The third kappa shape index (κ3) is 8.52. The number of anilines is 2. The number of aliphatic hydroxyl groups excluding tert-OH is 1. The summed E-state index contributed by atoms with van der Waals surface area (Å²) in [6.07, 6.45) is -0.692. The number of aliphatic hydroxyl groups is 1. The average molecular weight is 594 g/mol. The fourth-order valence-electron chi connectivity index (χ4n) is 3.89. The number of nitrogens with one attached hydrogen (secondary N) is 3. The number of ether oxygens (including phenoxy) is 1. The van der Waals surface area contributed by atoms with Crippen molar-refractivity contribution < 1.29 is 42.5 Å². The minimum atomic E-state index is -4.24. The minimum Gasteiger partial charge on any atom is -0.506 e. The molecule has 7 N–H and O–H groups in total. The zero-order valence-corrected chi connectivity index (χ0v) is 23.7. The van der Waals surface area contributed by atoms with E-state index < -0.39 is 41.3 Å². The fraction of sp³-hybridized carbons (Fsp3) is 0.269. The van der Waals surface area contributed by atoms with E-state index in [9.17, 15) is 37.8 Å². The highest BCUT2D eigenvalue weighted by Crippen LogP contribution is 2.39. The first-order valence-corrected chi connectivity index (χ1v) is 15.6. The average Bonchev–Trinajstić information content (AvgIpc) is 2.88. The van der Waals surface area contributed by atoms with E-state index in [1.807, 2.05) is 0 Å². The number of carbonyl (C=O) groups excluding carboxylic acids is 1. The van der Waals surface area contributed by atoms with Gasteiger partial charge in [-0.15, -0.1) is 0 Å². The molecule has 0 saturated heterocycles. The van der Waals surface area contributed by atoms with Crippen LogP contribution in [0.25, 0.3) is 0 Å². The Kier molecular flexibility index (Phi) is 9.62. The van der Waals surface area contributed by atoms with Crippen molar-refractivity contribution in [3.8, 4) is 11.5 Å². The van der Waals surface area contributed by atoms with E-state index in [-0.39, 0.29) is 23.5 Å². The van der Waals surface area contributed by atoms with Crippen molar-refractivity contribution in [1.29, 1.82) is 0 Å². The number of aromatic hydroxyl groups is 1. The van der Waals surface area contributed by atoms with E-state index in [0.717, 1.165) is 6.26 Å². The van der Waals surface area contributed by atoms with Gasteiger partial charge in [-0.3, -0.25) is 19.4 Å². The predicted octanol–water partition coefficient (Wildman–Crippen LogP) is 2.63. The lowest BCUT2D eigenvalue weighted by Gasteiger charge is -2.31. The molecule has 0 bridgehead atoms. The van der Waals surface area contributed by atoms with Crippen LogP contribution < -0.4 is 20.1 Å². The molecule has 3 rings (SSSR count). The number of rotatable bonds is 12. The number of sulfonamides is 1. The van der Waals surface area contributed by atoms with Crippen LogP contribution in [0.5, 0.6) is 11.5 Å². The minimum absolute atomic E-state index is 0.100. The number of phenolic OH excluding ortho intramolecular Hbond substituents is 1. The number of carbonyl (C=O) groups is 1. The zero-order chi connectivity index (χ0) is 29.7. The molecule has 1 amide bonds. The van der Waals surface area contributed by atoms with Gasteiger partial charge in [0.25, 0.3) is 0 Å². The van der Waals surface area contributed by atoms with Gasteiger partial charge < -0.3 is 30.1 Å². The van der Waals surface area contributed by atoms with Gasteiger partial charge >= 0.3 is 7.60 Å². The molecule has 2 atom stereocenters. The number of benzene rings is 3. The maximum atomic E-state index is 13.6. The molecule has 216 valence electrons. The Morgan fingerprint density at radius 2 is 1.68 bits per heavy atom. The predicted molar refractivity (Wildman–Crippen MR) is 151 cm³/mol. The molecule has 0 spiro atoms. The fourth-order valence-corrected chi connectivity index (χ4v) is 5.14. The lowest BCUT2D eigenvalue weighted by atomic mass is 9.90. The maximum Gasteiger partial charge on any atom is 0.329 e. The Labute approximate surface area is 232 Å². The smallest absolute Gasteiger partial charge is 0.329 e. The molecular formula is C26H32N3O9PS. The summed E-state index contributed by atoms with van der Waals surface area (Å²) in [6.45, 7) is 1.48. The van der Waals surface area contributed by atoms with Gasteiger partial charge in [0.1, 0.15) is 17.0 Å². The Hall–Kier alpha value is -3.45. The molecule has 0 aliphatic rings. The SMILES string of the molecule is COc1ccc([C@](C)(NCC(O)c2ccc(O)c(NS(C)(=O)=O)c2)C(=O)Nc2ccc(CP(=O)(O)O)cc2)cc1. The second-order valence-corrected chi connectivity index (χ2v) is 12.8. The lowest BCUT2D eigenvalue weighted by Crippen LogP contribution is -2.50. The molecular weight excluding hydrogens is 561 g/mol. The summed E-state index contributed by atoms with van der Waals surface area (Å²) >= 11 is 0. The summed E-state index contributed by atoms with van der Waals surface area (Å²) in [5, 5.41) is 26.7. The van der Waals surface area contributed by atoms with Crippen LogP contribution in [0.1, 0.15) is 29.7 Å². The quantitative estimate of drug-likeness (QED) is 0.121. The van der Waals surface area contributed by atoms with Gasteiger partial charge in [0.2, 0.25) is 15.9 Å². The van der Waals surface area contributed by atoms with Gasteiger partial charge in [0.15, 0.2) is 0 Å². The van der Waals surface area contributed by atoms with Gasteiger partial charge in [-0.1, -0.05) is 30.3 Å². The van der Waals surface area contributed by atoms with Crippen LogP contribution in [0.3, 0.4) is 0 Å². The van der Waals surface area contributed by atoms with E-state index in [2.05, 4.69) is 15.4 Å². The number of phenols is 1. The monoisotopic (exact) mass is 593 g/mol. The zero-order valence-electron chi connectivity index (χ0n) is 22.0. The van der Waals surface area contributed by atoms with E-state index in [1.165, 1.54) is 49.6 Å². The molecule has 3 aromatic rings. The second-order valence-electron chi connectivity index (χ2n) is 9.37. The van der Waals surface area contributed by atoms with Crippen molar-refractivity contribution in [1.82, 2.24) is 5.32 Å². The highest BCUT2D eigenvalue weighted by atomic mass is 32.2. The molecule has 0 fully saturated rings. The topological polar surface area (TPSA) is 195 Å². The Bertz CT molecular complexity index is 1490. The van der Waals surface area contributed by atoms with E-state index in [4.69, 9.17) is 4.74 Å². The molecule has 1 unspecified atom stereocenters. The van der Waals surface area contributed by atoms with Gasteiger partial charge in [0, 0.05) is 12.2 Å². The largest absolute Gasteiger partial charge is 0.506 e. The van der Waals surface area contributed by atoms with Gasteiger partial charge in [-0.25, -0.2) is 8.42 Å². The number of hydrogen-bond donors (Lipinski definition) is 7. The first-order chi connectivity index (χ1) is 18.6. The molecule has 0 aromatic heterocycles. The molecule has 3 aromatic carbocycles. The third-order valence-electron chi connectivity index (χ3n) is 6.07. The van der Waals surface area contributed by atoms with E-state index >= 15 is 0 Å². The van der Waals surface area contributed by atoms with Crippen molar-refractivity contribution in [3.05, 3.63) is 83.4 Å². The van der Waals surface area contributed by atoms with Crippen LogP contribution in [0, 0.1) is 0 Å². The molecule has 14 heteroatoms. The van der Waals surface area contributed by atoms with Crippen LogP contribution in [0.15, 0.2) is 66.7 Å². The number of amides is 1. The van der Waals surface area contributed by atoms with E-state index in [1.54, 1.807) is 31.2 Å². The van der Waals surface area contributed by atoms with E-state index in [0.29, 0.717) is 22.6 Å². The normalized spacial score (nSPS) is 14.2. The number of methoxy groups -OCH3 is 1. The molecule has 0 radical (unpaired) electrons. The molecule has 0 aliphatic carbocycles. The summed E-state index contributed by atoms with van der Waals surface area (Å²) in [5.74, 6) is -0.233. The van der Waals surface area contributed by atoms with Gasteiger partial charge in [0.05, 0.1) is 31.3 Å². The third-order valence-corrected chi connectivity index (χ3v) is 7.44. The first kappa shape index (κ1) is 31.1. The van der Waals surface area contributed by atoms with Crippen LogP contribution >= 0.6 is 7.60 Å². The summed E-state index contributed by atoms with van der Waals surface area (Å²) in [5.41, 5.74) is 0.135. The van der Waals surface area contributed by atoms with Gasteiger partial charge in [-0.2, -0.15) is 0 Å². The summed E-state index contributed by atoms with van der Waals surface area (Å²) < 4.78 is 41.9. The molecule has 0 saturated carbocycles. The van der Waals surface area contributed by atoms with Crippen molar-refractivity contribution >= 4 is 34.9 Å². The Balaban J connectivity index is 1.85. The van der Waals surface area contributed by atoms with Crippen molar-refractivity contribution in [2.24, 2.45) is 0 Å². The standard InChI is InChI=1S/C26H32N3O9PS/c1-26(19-7-11-21(38-2)12-8-19,25(32)28-20-9-4-17(5-10-20)16-39(33,34)35)27-15-24(31)18-6-13-23(30)22(14-18)29-40(3,36)37/h4-14,24,27,29-31H,15-16H2,1-3H3,(H,28,32)(H2,33,34,35)/t24?,26-/m0/s1. The Morgan fingerprint density at radius 3 is 2.23 bits per heavy atom. The molecule has 0 aliphatic heterocycles. The molecule has 0 heterocycles. The summed E-state index contributed by atoms with van der Waals surface area (Å²) in [7, 11) is -6.41. The van der Waals surface area contributed by atoms with Crippen LogP contribution in [0.4, 0.5) is 11.4 Å². The highest BCUT2D eigenvalue weighted by Gasteiger charge is 2.36. The van der Waals surface area contributed by atoms with Crippen molar-refractivity contribution in [2.45, 2.75) is 24.7 Å². The van der Waals surface area contributed by atoms with Crippen molar-refractivity contribution in [2.75, 3.05) is 29.9 Å². The van der Waals surface area contributed by atoms with Crippen molar-refractivity contribution in [3.63, 3.8) is 0 Å². The second kappa shape index (κ2) is 12.4. The molecule has 40 heavy (non-hydrogen) atoms. The van der Waals surface area contributed by atoms with Crippen LogP contribution in [-0.2, 0) is 31.1 Å². The molecule has 12 nitrogen and oxygen atoms in total. The van der Waals surface area contributed by atoms with Crippen LogP contribution in [-0.4, -0.2) is 54.2 Å². The maximum absolute atomic E-state index is 13.6. The lowest BCUT2D eigenvalue weighted by molar-refractivity contribution is -0.122.